The van der Waals surface area contributed by atoms with Gasteiger partial charge in [-0.05, 0) is 37.6 Å². The highest BCUT2D eigenvalue weighted by atomic mass is 19.1. The fourth-order valence-corrected chi connectivity index (χ4v) is 2.37. The van der Waals surface area contributed by atoms with E-state index < -0.39 is 0 Å². The summed E-state index contributed by atoms with van der Waals surface area (Å²) in [4.78, 5) is 20.6. The number of benzene rings is 2. The largest absolute Gasteiger partial charge is 0.322 e. The van der Waals surface area contributed by atoms with Crippen molar-refractivity contribution >= 4 is 11.6 Å². The van der Waals surface area contributed by atoms with E-state index in [0.29, 0.717) is 17.0 Å². The van der Waals surface area contributed by atoms with Gasteiger partial charge < -0.3 is 5.32 Å². The average Bonchev–Trinajstić information content (AvgIpc) is 2.57. The molecule has 1 amide bonds. The second-order valence-electron chi connectivity index (χ2n) is 5.58. The van der Waals surface area contributed by atoms with E-state index in [1.807, 2.05) is 32.0 Å². The molecule has 3 aromatic rings. The molecule has 0 saturated heterocycles. The van der Waals surface area contributed by atoms with Gasteiger partial charge in [0.05, 0.1) is 5.56 Å². The molecule has 0 radical (unpaired) electrons. The number of nitrogens with one attached hydrogen (secondary N) is 1. The fraction of sp³-hybridized carbons (Fsp3) is 0.105. The van der Waals surface area contributed by atoms with Crippen molar-refractivity contribution in [2.45, 2.75) is 13.8 Å². The Bertz CT molecular complexity index is 891. The minimum Gasteiger partial charge on any atom is -0.322 e. The third kappa shape index (κ3) is 3.46. The normalized spacial score (nSPS) is 10.5. The molecular weight excluding hydrogens is 305 g/mol. The van der Waals surface area contributed by atoms with E-state index in [9.17, 15) is 9.18 Å². The first kappa shape index (κ1) is 15.8. The summed E-state index contributed by atoms with van der Waals surface area (Å²) >= 11 is 0. The Morgan fingerprint density at radius 3 is 2.46 bits per heavy atom. The van der Waals surface area contributed by atoms with E-state index in [1.54, 1.807) is 12.1 Å². The van der Waals surface area contributed by atoms with Gasteiger partial charge in [0.1, 0.15) is 5.82 Å². The molecule has 4 nitrogen and oxygen atoms in total. The summed E-state index contributed by atoms with van der Waals surface area (Å²) in [5.74, 6) is -0.266. The van der Waals surface area contributed by atoms with Gasteiger partial charge in [-0.1, -0.05) is 29.8 Å². The number of nitrogens with zero attached hydrogens (tertiary/aromatic N) is 2. The predicted octanol–water partition coefficient (Wildman–Crippen LogP) is 4.15. The monoisotopic (exact) mass is 321 g/mol. The Morgan fingerprint density at radius 1 is 1.04 bits per heavy atom. The predicted molar refractivity (Wildman–Crippen MR) is 91.3 cm³/mol. The fourth-order valence-electron chi connectivity index (χ4n) is 2.37. The molecular formula is C19H16FN3O. The zero-order valence-electron chi connectivity index (χ0n) is 13.4. The number of hydrogen-bond donors (Lipinski definition) is 1. The van der Waals surface area contributed by atoms with Gasteiger partial charge in [-0.25, -0.2) is 14.4 Å². The van der Waals surface area contributed by atoms with Crippen molar-refractivity contribution in [2.24, 2.45) is 0 Å². The number of anilines is 1. The molecule has 1 N–H and O–H groups in total. The molecule has 0 atom stereocenters. The minimum absolute atomic E-state index is 0.284. The SMILES string of the molecule is Cc1ccc(NC(=O)c2cnc(-c3cccc(F)c3)nc2)c(C)c1. The van der Waals surface area contributed by atoms with Gasteiger partial charge in [-0.2, -0.15) is 0 Å². The van der Waals surface area contributed by atoms with Crippen molar-refractivity contribution in [3.05, 3.63) is 77.4 Å². The zero-order valence-corrected chi connectivity index (χ0v) is 13.4. The molecule has 0 aliphatic carbocycles. The van der Waals surface area contributed by atoms with Crippen LogP contribution >= 0.6 is 0 Å². The van der Waals surface area contributed by atoms with Crippen LogP contribution in [0.5, 0.6) is 0 Å². The number of hydrogen-bond acceptors (Lipinski definition) is 3. The van der Waals surface area contributed by atoms with Gasteiger partial charge >= 0.3 is 0 Å². The molecule has 3 rings (SSSR count). The van der Waals surface area contributed by atoms with Crippen molar-refractivity contribution in [1.82, 2.24) is 9.97 Å². The lowest BCUT2D eigenvalue weighted by molar-refractivity contribution is 0.102. The molecule has 0 unspecified atom stereocenters. The molecule has 0 fully saturated rings. The van der Waals surface area contributed by atoms with Crippen LogP contribution in [0.1, 0.15) is 21.5 Å². The van der Waals surface area contributed by atoms with Gasteiger partial charge in [0.15, 0.2) is 5.82 Å². The zero-order chi connectivity index (χ0) is 17.1. The Balaban J connectivity index is 1.79. The van der Waals surface area contributed by atoms with Crippen LogP contribution < -0.4 is 5.32 Å². The first-order valence-electron chi connectivity index (χ1n) is 7.49. The number of carbonyl (C=O) groups excluding carboxylic acids is 1. The van der Waals surface area contributed by atoms with Crippen LogP contribution in [0.3, 0.4) is 0 Å². The summed E-state index contributed by atoms with van der Waals surface area (Å²) in [6, 6.07) is 11.8. The highest BCUT2D eigenvalue weighted by Crippen LogP contribution is 2.18. The quantitative estimate of drug-likeness (QED) is 0.788. The lowest BCUT2D eigenvalue weighted by Crippen LogP contribution is -2.13. The first-order valence-corrected chi connectivity index (χ1v) is 7.49. The third-order valence-electron chi connectivity index (χ3n) is 3.63. The van der Waals surface area contributed by atoms with Crippen molar-refractivity contribution < 1.29 is 9.18 Å². The summed E-state index contributed by atoms with van der Waals surface area (Å²) in [7, 11) is 0. The minimum atomic E-state index is -0.354. The highest BCUT2D eigenvalue weighted by molar-refractivity contribution is 6.04. The molecule has 0 aliphatic rings. The van der Waals surface area contributed by atoms with Gasteiger partial charge in [0, 0.05) is 23.6 Å². The van der Waals surface area contributed by atoms with Gasteiger partial charge in [-0.15, -0.1) is 0 Å². The lowest BCUT2D eigenvalue weighted by atomic mass is 10.1. The van der Waals surface area contributed by atoms with E-state index >= 15 is 0 Å². The van der Waals surface area contributed by atoms with E-state index in [0.717, 1.165) is 16.8 Å². The molecule has 1 heterocycles. The Labute approximate surface area is 139 Å². The molecule has 0 bridgehead atoms. The number of amides is 1. The summed E-state index contributed by atoms with van der Waals surface area (Å²) in [6.07, 6.45) is 2.87. The van der Waals surface area contributed by atoms with Crippen LogP contribution in [0.2, 0.25) is 0 Å². The molecule has 0 aliphatic heterocycles. The smallest absolute Gasteiger partial charge is 0.258 e. The van der Waals surface area contributed by atoms with Gasteiger partial charge in [0.25, 0.3) is 5.91 Å². The topological polar surface area (TPSA) is 54.9 Å². The molecule has 5 heteroatoms. The van der Waals surface area contributed by atoms with E-state index in [2.05, 4.69) is 15.3 Å². The second kappa shape index (κ2) is 6.58. The maximum Gasteiger partial charge on any atom is 0.258 e. The molecule has 120 valence electrons. The average molecular weight is 321 g/mol. The number of rotatable bonds is 3. The van der Waals surface area contributed by atoms with Crippen LogP contribution in [0.15, 0.2) is 54.9 Å². The van der Waals surface area contributed by atoms with Crippen molar-refractivity contribution in [3.8, 4) is 11.4 Å². The van der Waals surface area contributed by atoms with E-state index in [1.165, 1.54) is 24.5 Å². The first-order chi connectivity index (χ1) is 11.5. The van der Waals surface area contributed by atoms with E-state index in [-0.39, 0.29) is 11.7 Å². The van der Waals surface area contributed by atoms with Crippen LogP contribution in [0.4, 0.5) is 10.1 Å². The molecule has 2 aromatic carbocycles. The third-order valence-corrected chi connectivity index (χ3v) is 3.63. The molecule has 1 aromatic heterocycles. The van der Waals surface area contributed by atoms with Crippen LogP contribution in [-0.2, 0) is 0 Å². The summed E-state index contributed by atoms with van der Waals surface area (Å²) in [5, 5.41) is 2.84. The highest BCUT2D eigenvalue weighted by Gasteiger charge is 2.10. The Hall–Kier alpha value is -3.08. The molecule has 0 spiro atoms. The molecule has 24 heavy (non-hydrogen) atoms. The van der Waals surface area contributed by atoms with Gasteiger partial charge in [0.2, 0.25) is 0 Å². The number of carbonyl (C=O) groups is 1. The maximum atomic E-state index is 13.2. The Morgan fingerprint density at radius 2 is 1.79 bits per heavy atom. The number of aromatic nitrogens is 2. The van der Waals surface area contributed by atoms with E-state index in [4.69, 9.17) is 0 Å². The molecule has 0 saturated carbocycles. The van der Waals surface area contributed by atoms with Crippen molar-refractivity contribution in [1.29, 1.82) is 0 Å². The summed E-state index contributed by atoms with van der Waals surface area (Å²) in [6.45, 7) is 3.93. The van der Waals surface area contributed by atoms with Crippen LogP contribution in [0.25, 0.3) is 11.4 Å². The van der Waals surface area contributed by atoms with Crippen molar-refractivity contribution in [3.63, 3.8) is 0 Å². The van der Waals surface area contributed by atoms with Gasteiger partial charge in [-0.3, -0.25) is 4.79 Å². The summed E-state index contributed by atoms with van der Waals surface area (Å²) in [5.41, 5.74) is 3.78. The number of halogens is 1. The van der Waals surface area contributed by atoms with Crippen LogP contribution in [-0.4, -0.2) is 15.9 Å². The number of aryl methyl sites for hydroxylation is 2. The van der Waals surface area contributed by atoms with Crippen LogP contribution in [0, 0.1) is 19.7 Å². The summed E-state index contributed by atoms with van der Waals surface area (Å²) < 4.78 is 13.2. The standard InChI is InChI=1S/C19H16FN3O/c1-12-6-7-17(13(2)8-12)23-19(24)15-10-21-18(22-11-15)14-4-3-5-16(20)9-14/h3-11H,1-2H3,(H,23,24). The lowest BCUT2D eigenvalue weighted by Gasteiger charge is -2.09. The van der Waals surface area contributed by atoms with Crippen molar-refractivity contribution in [2.75, 3.05) is 5.32 Å². The maximum absolute atomic E-state index is 13.2. The second-order valence-corrected chi connectivity index (χ2v) is 5.58. The Kier molecular flexibility index (Phi) is 4.33.